The standard InChI is InChI=1S/C21H16FN5O4S/c1-31-18-7-2-13(10-14(18)12-25-9-8-19(24-25)27(29)30)11-17-20(28)26(21(32)23-17)16-5-3-15(22)4-6-16/h2-11H,12H2,1H3,(H,23,32)/b17-11+. The molecule has 0 atom stereocenters. The van der Waals surface area contributed by atoms with Crippen molar-refractivity contribution in [1.29, 1.82) is 0 Å². The van der Waals surface area contributed by atoms with E-state index in [9.17, 15) is 19.3 Å². The Labute approximate surface area is 186 Å². The van der Waals surface area contributed by atoms with Crippen molar-refractivity contribution in [3.63, 3.8) is 0 Å². The monoisotopic (exact) mass is 453 g/mol. The van der Waals surface area contributed by atoms with E-state index in [4.69, 9.17) is 17.0 Å². The van der Waals surface area contributed by atoms with Crippen molar-refractivity contribution in [2.75, 3.05) is 12.0 Å². The van der Waals surface area contributed by atoms with Gasteiger partial charge in [0, 0.05) is 5.56 Å². The van der Waals surface area contributed by atoms with Gasteiger partial charge < -0.3 is 20.2 Å². The lowest BCUT2D eigenvalue weighted by atomic mass is 10.1. The summed E-state index contributed by atoms with van der Waals surface area (Å²) in [6.45, 7) is 0.232. The fraction of sp³-hybridized carbons (Fsp3) is 0.0952. The van der Waals surface area contributed by atoms with Crippen LogP contribution in [0.3, 0.4) is 0 Å². The van der Waals surface area contributed by atoms with Crippen molar-refractivity contribution >= 4 is 40.8 Å². The minimum atomic E-state index is -0.568. The second kappa shape index (κ2) is 8.55. The molecule has 1 aromatic heterocycles. The van der Waals surface area contributed by atoms with Gasteiger partial charge >= 0.3 is 5.82 Å². The van der Waals surface area contributed by atoms with Crippen LogP contribution in [0.1, 0.15) is 11.1 Å². The lowest BCUT2D eigenvalue weighted by Gasteiger charge is -2.13. The zero-order valence-corrected chi connectivity index (χ0v) is 17.5. The Morgan fingerprint density at radius 1 is 1.25 bits per heavy atom. The molecule has 32 heavy (non-hydrogen) atoms. The average molecular weight is 453 g/mol. The molecule has 1 aliphatic rings. The Kier molecular flexibility index (Phi) is 5.65. The molecule has 0 radical (unpaired) electrons. The predicted molar refractivity (Wildman–Crippen MR) is 119 cm³/mol. The number of carbonyl (C=O) groups is 1. The van der Waals surface area contributed by atoms with Gasteiger partial charge in [0.2, 0.25) is 0 Å². The summed E-state index contributed by atoms with van der Waals surface area (Å²) in [4.78, 5) is 24.5. The number of nitrogens with one attached hydrogen (secondary N) is 1. The molecule has 0 saturated carbocycles. The molecule has 0 bridgehead atoms. The highest BCUT2D eigenvalue weighted by Crippen LogP contribution is 2.26. The number of anilines is 1. The van der Waals surface area contributed by atoms with Gasteiger partial charge in [-0.1, -0.05) is 6.07 Å². The lowest BCUT2D eigenvalue weighted by Crippen LogP contribution is -2.30. The van der Waals surface area contributed by atoms with Crippen molar-refractivity contribution in [3.8, 4) is 5.75 Å². The molecule has 1 aliphatic heterocycles. The highest BCUT2D eigenvalue weighted by Gasteiger charge is 2.32. The normalized spacial score (nSPS) is 14.7. The van der Waals surface area contributed by atoms with Crippen LogP contribution in [-0.2, 0) is 11.3 Å². The van der Waals surface area contributed by atoms with Gasteiger partial charge in [-0.25, -0.2) is 4.39 Å². The maximum Gasteiger partial charge on any atom is 0.389 e. The molecule has 1 amide bonds. The van der Waals surface area contributed by atoms with Gasteiger partial charge in [0.25, 0.3) is 5.91 Å². The van der Waals surface area contributed by atoms with Gasteiger partial charge in [-0.2, -0.15) is 4.68 Å². The number of aromatic nitrogens is 2. The van der Waals surface area contributed by atoms with Crippen molar-refractivity contribution in [2.24, 2.45) is 0 Å². The molecule has 162 valence electrons. The molecule has 2 aromatic carbocycles. The fourth-order valence-electron chi connectivity index (χ4n) is 3.25. The lowest BCUT2D eigenvalue weighted by molar-refractivity contribution is -0.389. The number of rotatable bonds is 6. The van der Waals surface area contributed by atoms with Crippen molar-refractivity contribution in [3.05, 3.63) is 87.5 Å². The summed E-state index contributed by atoms with van der Waals surface area (Å²) in [6.07, 6.45) is 3.14. The first-order chi connectivity index (χ1) is 15.4. The number of hydrogen-bond acceptors (Lipinski definition) is 6. The summed E-state index contributed by atoms with van der Waals surface area (Å²) < 4.78 is 20.0. The minimum absolute atomic E-state index is 0.186. The molecule has 1 fully saturated rings. The van der Waals surface area contributed by atoms with Crippen LogP contribution in [0.25, 0.3) is 6.08 Å². The van der Waals surface area contributed by atoms with Crippen molar-refractivity contribution in [2.45, 2.75) is 6.54 Å². The van der Waals surface area contributed by atoms with E-state index in [-0.39, 0.29) is 29.1 Å². The second-order valence-corrected chi connectivity index (χ2v) is 7.19. The zero-order chi connectivity index (χ0) is 22.8. The van der Waals surface area contributed by atoms with Crippen LogP contribution in [0.5, 0.6) is 5.75 Å². The summed E-state index contributed by atoms with van der Waals surface area (Å²) >= 11 is 5.27. The summed E-state index contributed by atoms with van der Waals surface area (Å²) in [5.41, 5.74) is 2.10. The van der Waals surface area contributed by atoms with Crippen LogP contribution >= 0.6 is 12.2 Å². The molecule has 4 rings (SSSR count). The number of thiocarbonyl (C=S) groups is 1. The van der Waals surface area contributed by atoms with Gasteiger partial charge in [0.05, 0.1) is 36.7 Å². The predicted octanol–water partition coefficient (Wildman–Crippen LogP) is 3.25. The van der Waals surface area contributed by atoms with E-state index in [0.717, 1.165) is 0 Å². The minimum Gasteiger partial charge on any atom is -0.496 e. The molecule has 1 N–H and O–H groups in total. The fourth-order valence-corrected chi connectivity index (χ4v) is 3.55. The Balaban J connectivity index is 1.61. The topological polar surface area (TPSA) is 103 Å². The molecule has 9 nitrogen and oxygen atoms in total. The maximum atomic E-state index is 13.2. The Morgan fingerprint density at radius 2 is 2.00 bits per heavy atom. The van der Waals surface area contributed by atoms with Gasteiger partial charge in [0.1, 0.15) is 17.3 Å². The number of ether oxygens (including phenoxy) is 1. The number of nitrogens with zero attached hydrogens (tertiary/aromatic N) is 4. The van der Waals surface area contributed by atoms with Gasteiger partial charge in [-0.3, -0.25) is 9.69 Å². The Morgan fingerprint density at radius 3 is 2.66 bits per heavy atom. The molecule has 2 heterocycles. The van der Waals surface area contributed by atoms with E-state index >= 15 is 0 Å². The third-order valence-corrected chi connectivity index (χ3v) is 5.01. The average Bonchev–Trinajstić information content (AvgIpc) is 3.34. The Hall–Kier alpha value is -4.12. The third-order valence-electron chi connectivity index (χ3n) is 4.72. The van der Waals surface area contributed by atoms with Gasteiger partial charge in [0.15, 0.2) is 5.11 Å². The molecule has 11 heteroatoms. The number of amides is 1. The van der Waals surface area contributed by atoms with Crippen LogP contribution in [0.4, 0.5) is 15.9 Å². The number of carbonyl (C=O) groups excluding carboxylic acids is 1. The van der Waals surface area contributed by atoms with E-state index in [0.29, 0.717) is 22.6 Å². The van der Waals surface area contributed by atoms with Gasteiger partial charge in [-0.15, -0.1) is 0 Å². The highest BCUT2D eigenvalue weighted by atomic mass is 32.1. The van der Waals surface area contributed by atoms with E-state index in [2.05, 4.69) is 10.4 Å². The number of hydrogen-bond donors (Lipinski definition) is 1. The van der Waals surface area contributed by atoms with Crippen LogP contribution in [0.2, 0.25) is 0 Å². The van der Waals surface area contributed by atoms with E-state index < -0.39 is 10.7 Å². The van der Waals surface area contributed by atoms with Crippen LogP contribution in [0, 0.1) is 15.9 Å². The van der Waals surface area contributed by atoms with Crippen LogP contribution in [0.15, 0.2) is 60.4 Å². The first kappa shape index (κ1) is 21.1. The molecular weight excluding hydrogens is 437 g/mol. The van der Waals surface area contributed by atoms with Crippen molar-refractivity contribution < 1.29 is 18.8 Å². The number of benzene rings is 2. The SMILES string of the molecule is COc1ccc(/C=C2/NC(=S)N(c3ccc(F)cc3)C2=O)cc1Cn1ccc([N+](=O)[O-])n1. The molecule has 0 spiro atoms. The summed E-state index contributed by atoms with van der Waals surface area (Å²) in [7, 11) is 1.52. The molecule has 0 unspecified atom stereocenters. The van der Waals surface area contributed by atoms with Crippen LogP contribution in [-0.4, -0.2) is 32.8 Å². The zero-order valence-electron chi connectivity index (χ0n) is 16.7. The number of methoxy groups -OCH3 is 1. The molecule has 3 aromatic rings. The molecule has 1 saturated heterocycles. The third kappa shape index (κ3) is 4.18. The van der Waals surface area contributed by atoms with Crippen LogP contribution < -0.4 is 15.0 Å². The molecular formula is C21H16FN5O4S. The van der Waals surface area contributed by atoms with E-state index in [1.54, 1.807) is 24.3 Å². The van der Waals surface area contributed by atoms with Gasteiger partial charge in [-0.05, 0) is 65.2 Å². The highest BCUT2D eigenvalue weighted by molar-refractivity contribution is 7.80. The first-order valence-corrected chi connectivity index (χ1v) is 9.74. The second-order valence-electron chi connectivity index (χ2n) is 6.81. The largest absolute Gasteiger partial charge is 0.496 e. The molecule has 0 aliphatic carbocycles. The summed E-state index contributed by atoms with van der Waals surface area (Å²) in [6, 6.07) is 12.0. The smallest absolute Gasteiger partial charge is 0.389 e. The number of nitro groups is 1. The van der Waals surface area contributed by atoms with E-state index in [1.165, 1.54) is 53.2 Å². The van der Waals surface area contributed by atoms with E-state index in [1.807, 2.05) is 0 Å². The quantitative estimate of drug-likeness (QED) is 0.265. The summed E-state index contributed by atoms with van der Waals surface area (Å²) in [5.74, 6) is -0.471. The first-order valence-electron chi connectivity index (χ1n) is 9.33. The maximum absolute atomic E-state index is 13.2. The number of halogens is 1. The van der Waals surface area contributed by atoms with Crippen molar-refractivity contribution in [1.82, 2.24) is 15.1 Å². The Bertz CT molecular complexity index is 1260. The summed E-state index contributed by atoms with van der Waals surface area (Å²) in [5, 5.41) is 17.8.